The van der Waals surface area contributed by atoms with Crippen molar-refractivity contribution in [3.05, 3.63) is 59.7 Å². The van der Waals surface area contributed by atoms with Crippen molar-refractivity contribution in [2.75, 3.05) is 19.4 Å². The maximum Gasteiger partial charge on any atom is 0.251 e. The van der Waals surface area contributed by atoms with Gasteiger partial charge in [-0.05, 0) is 36.4 Å². The molecule has 0 aliphatic heterocycles. The Hall–Kier alpha value is -4.12. The van der Waals surface area contributed by atoms with Crippen LogP contribution in [0.25, 0.3) is 22.2 Å². The Labute approximate surface area is 166 Å². The van der Waals surface area contributed by atoms with Gasteiger partial charge in [-0.3, -0.25) is 4.79 Å². The van der Waals surface area contributed by atoms with E-state index >= 15 is 0 Å². The van der Waals surface area contributed by atoms with Crippen LogP contribution in [0.4, 0.5) is 5.82 Å². The van der Waals surface area contributed by atoms with E-state index in [1.807, 2.05) is 24.3 Å². The number of hydrogen-bond acceptors (Lipinski definition) is 6. The minimum Gasteiger partial charge on any atom is -0.497 e. The summed E-state index contributed by atoms with van der Waals surface area (Å²) in [5.41, 5.74) is 9.40. The summed E-state index contributed by atoms with van der Waals surface area (Å²) >= 11 is 0. The number of ether oxygens (including phenoxy) is 1. The molecule has 0 aliphatic carbocycles. The van der Waals surface area contributed by atoms with Crippen molar-refractivity contribution in [2.45, 2.75) is 6.54 Å². The molecular formula is C21H18N6O2. The van der Waals surface area contributed by atoms with E-state index in [0.717, 1.165) is 0 Å². The number of anilines is 1. The van der Waals surface area contributed by atoms with Crippen molar-refractivity contribution in [3.63, 3.8) is 0 Å². The molecule has 2 heterocycles. The molecule has 0 saturated carbocycles. The standard InChI is InChI=1S/C21H18N6O2/c1-29-14-8-6-13(7-9-14)21(28)24-10-11-27-19(23)15(12-22)18-20(27)26-17-5-3-2-4-16(17)25-18/h2-9H,10-11,23H2,1H3,(H,24,28). The van der Waals surface area contributed by atoms with Gasteiger partial charge in [-0.25, -0.2) is 9.97 Å². The Morgan fingerprint density at radius 1 is 1.17 bits per heavy atom. The van der Waals surface area contributed by atoms with Crippen molar-refractivity contribution in [3.8, 4) is 11.8 Å². The number of nitrogens with zero attached hydrogens (tertiary/aromatic N) is 4. The second-order valence-corrected chi connectivity index (χ2v) is 6.39. The van der Waals surface area contributed by atoms with Gasteiger partial charge in [-0.15, -0.1) is 0 Å². The highest BCUT2D eigenvalue weighted by molar-refractivity contribution is 5.94. The molecule has 4 rings (SSSR count). The fourth-order valence-electron chi connectivity index (χ4n) is 3.18. The summed E-state index contributed by atoms with van der Waals surface area (Å²) in [4.78, 5) is 21.5. The van der Waals surface area contributed by atoms with Gasteiger partial charge >= 0.3 is 0 Å². The average molecular weight is 386 g/mol. The Balaban J connectivity index is 1.58. The van der Waals surface area contributed by atoms with Crippen molar-refractivity contribution >= 4 is 33.9 Å². The molecule has 0 atom stereocenters. The summed E-state index contributed by atoms with van der Waals surface area (Å²) < 4.78 is 6.81. The zero-order valence-electron chi connectivity index (χ0n) is 15.7. The Morgan fingerprint density at radius 3 is 2.52 bits per heavy atom. The lowest BCUT2D eigenvalue weighted by atomic mass is 10.2. The number of nitrogen functional groups attached to an aromatic ring is 1. The summed E-state index contributed by atoms with van der Waals surface area (Å²) in [7, 11) is 1.57. The Kier molecular flexibility index (Phi) is 4.71. The van der Waals surface area contributed by atoms with Crippen LogP contribution in [0.1, 0.15) is 15.9 Å². The largest absolute Gasteiger partial charge is 0.497 e. The zero-order valence-corrected chi connectivity index (χ0v) is 15.7. The fourth-order valence-corrected chi connectivity index (χ4v) is 3.18. The third kappa shape index (κ3) is 3.30. The van der Waals surface area contributed by atoms with Gasteiger partial charge in [0.25, 0.3) is 5.91 Å². The second kappa shape index (κ2) is 7.48. The number of benzene rings is 2. The first-order chi connectivity index (χ1) is 14.1. The van der Waals surface area contributed by atoms with Gasteiger partial charge in [-0.1, -0.05) is 12.1 Å². The van der Waals surface area contributed by atoms with Crippen LogP contribution < -0.4 is 15.8 Å². The first-order valence-electron chi connectivity index (χ1n) is 8.99. The van der Waals surface area contributed by atoms with Gasteiger partial charge in [-0.2, -0.15) is 5.26 Å². The number of nitrogens with two attached hydrogens (primary N) is 1. The van der Waals surface area contributed by atoms with Crippen molar-refractivity contribution in [1.29, 1.82) is 5.26 Å². The van der Waals surface area contributed by atoms with Crippen molar-refractivity contribution in [1.82, 2.24) is 19.9 Å². The number of fused-ring (bicyclic) bond motifs is 2. The van der Waals surface area contributed by atoms with Crippen LogP contribution in [0.2, 0.25) is 0 Å². The number of amides is 1. The highest BCUT2D eigenvalue weighted by Crippen LogP contribution is 2.26. The molecule has 0 fully saturated rings. The molecule has 29 heavy (non-hydrogen) atoms. The maximum atomic E-state index is 12.3. The van der Waals surface area contributed by atoms with Gasteiger partial charge in [0.05, 0.1) is 18.1 Å². The molecule has 0 unspecified atom stereocenters. The molecule has 4 aromatic rings. The number of carbonyl (C=O) groups excluding carboxylic acids is 1. The minimum absolute atomic E-state index is 0.209. The molecule has 0 bridgehead atoms. The van der Waals surface area contributed by atoms with Crippen LogP contribution in [0, 0.1) is 11.3 Å². The van der Waals surface area contributed by atoms with Crippen LogP contribution in [0.15, 0.2) is 48.5 Å². The molecule has 2 aromatic carbocycles. The third-order valence-corrected chi connectivity index (χ3v) is 4.68. The van der Waals surface area contributed by atoms with Crippen LogP contribution in [0.5, 0.6) is 5.75 Å². The first kappa shape index (κ1) is 18.3. The number of nitrogens with one attached hydrogen (secondary N) is 1. The second-order valence-electron chi connectivity index (χ2n) is 6.39. The molecule has 8 heteroatoms. The van der Waals surface area contributed by atoms with Crippen molar-refractivity contribution in [2.24, 2.45) is 0 Å². The molecule has 0 aliphatic rings. The molecule has 2 aromatic heterocycles. The van der Waals surface area contributed by atoms with Crippen LogP contribution in [-0.2, 0) is 6.54 Å². The van der Waals surface area contributed by atoms with E-state index in [4.69, 9.17) is 10.5 Å². The number of rotatable bonds is 5. The lowest BCUT2D eigenvalue weighted by molar-refractivity contribution is 0.0952. The van der Waals surface area contributed by atoms with Gasteiger partial charge in [0.15, 0.2) is 5.65 Å². The van der Waals surface area contributed by atoms with E-state index in [9.17, 15) is 10.1 Å². The Bertz CT molecular complexity index is 1250. The summed E-state index contributed by atoms with van der Waals surface area (Å²) in [5, 5.41) is 12.4. The third-order valence-electron chi connectivity index (χ3n) is 4.68. The maximum absolute atomic E-state index is 12.3. The average Bonchev–Trinajstić information content (AvgIpc) is 3.02. The minimum atomic E-state index is -0.209. The number of nitriles is 1. The highest BCUT2D eigenvalue weighted by atomic mass is 16.5. The number of carbonyl (C=O) groups is 1. The van der Waals surface area contributed by atoms with Crippen LogP contribution in [-0.4, -0.2) is 34.1 Å². The predicted octanol–water partition coefficient (Wildman–Crippen LogP) is 2.48. The van der Waals surface area contributed by atoms with Crippen LogP contribution in [0.3, 0.4) is 0 Å². The summed E-state index contributed by atoms with van der Waals surface area (Å²) in [5.74, 6) is 0.763. The molecular weight excluding hydrogens is 368 g/mol. The molecule has 0 saturated heterocycles. The number of aromatic nitrogens is 3. The summed E-state index contributed by atoms with van der Waals surface area (Å²) in [6, 6.07) is 16.4. The highest BCUT2D eigenvalue weighted by Gasteiger charge is 2.18. The Morgan fingerprint density at radius 2 is 1.86 bits per heavy atom. The lowest BCUT2D eigenvalue weighted by Gasteiger charge is -2.09. The van der Waals surface area contributed by atoms with Gasteiger partial charge in [0, 0.05) is 18.7 Å². The lowest BCUT2D eigenvalue weighted by Crippen LogP contribution is -2.27. The van der Waals surface area contributed by atoms with Gasteiger partial charge in [0.1, 0.15) is 28.7 Å². The summed E-state index contributed by atoms with van der Waals surface area (Å²) in [6.45, 7) is 0.678. The number of hydrogen-bond donors (Lipinski definition) is 2. The molecule has 144 valence electrons. The topological polar surface area (TPSA) is 119 Å². The van der Waals surface area contributed by atoms with Gasteiger partial charge < -0.3 is 20.4 Å². The SMILES string of the molecule is COc1ccc(C(=O)NCCn2c(N)c(C#N)c3nc4ccccc4nc32)cc1. The van der Waals surface area contributed by atoms with E-state index in [2.05, 4.69) is 21.4 Å². The van der Waals surface area contributed by atoms with E-state index in [1.165, 1.54) is 0 Å². The summed E-state index contributed by atoms with van der Waals surface area (Å²) in [6.07, 6.45) is 0. The molecule has 0 radical (unpaired) electrons. The predicted molar refractivity (Wildman–Crippen MR) is 109 cm³/mol. The van der Waals surface area contributed by atoms with E-state index in [1.54, 1.807) is 35.9 Å². The van der Waals surface area contributed by atoms with Crippen molar-refractivity contribution < 1.29 is 9.53 Å². The number of methoxy groups -OCH3 is 1. The molecule has 8 nitrogen and oxygen atoms in total. The van der Waals surface area contributed by atoms with Crippen LogP contribution >= 0.6 is 0 Å². The number of para-hydroxylation sites is 2. The normalized spacial score (nSPS) is 10.8. The molecule has 1 amide bonds. The molecule has 0 spiro atoms. The van der Waals surface area contributed by atoms with E-state index < -0.39 is 0 Å². The van der Waals surface area contributed by atoms with Gasteiger partial charge in [0.2, 0.25) is 0 Å². The zero-order chi connectivity index (χ0) is 20.4. The van der Waals surface area contributed by atoms with E-state index in [-0.39, 0.29) is 11.7 Å². The monoisotopic (exact) mass is 386 g/mol. The van der Waals surface area contributed by atoms with E-state index in [0.29, 0.717) is 52.2 Å². The molecule has 3 N–H and O–H groups in total. The fraction of sp³-hybridized carbons (Fsp3) is 0.143. The smallest absolute Gasteiger partial charge is 0.251 e. The quantitative estimate of drug-likeness (QED) is 0.544. The first-order valence-corrected chi connectivity index (χ1v) is 8.99.